The van der Waals surface area contributed by atoms with E-state index in [-0.39, 0.29) is 10.6 Å². The maximum atomic E-state index is 11.4. The molecule has 0 bridgehead atoms. The molecule has 0 aromatic heterocycles. The Balaban J connectivity index is 3.24. The predicted octanol–water partition coefficient (Wildman–Crippen LogP) is 0.0407. The number of methoxy groups -OCH3 is 1. The number of rotatable bonds is 4. The predicted molar refractivity (Wildman–Crippen MR) is 49.0 cm³/mol. The molecule has 6 heteroatoms. The van der Waals surface area contributed by atoms with Gasteiger partial charge in [0.15, 0.2) is 0 Å². The van der Waals surface area contributed by atoms with Crippen LogP contribution in [0.25, 0.3) is 0 Å². The normalized spacial score (nSPS) is 10.6. The zero-order valence-electron chi connectivity index (χ0n) is 7.35. The summed E-state index contributed by atoms with van der Waals surface area (Å²) in [5.74, 6) is 0.176. The van der Waals surface area contributed by atoms with Gasteiger partial charge >= 0.3 is 6.41 Å². The highest BCUT2D eigenvalue weighted by molar-refractivity contribution is 7.90. The van der Waals surface area contributed by atoms with Gasteiger partial charge in [0, 0.05) is 0 Å². The van der Waals surface area contributed by atoms with Crippen LogP contribution >= 0.6 is 0 Å². The Morgan fingerprint density at radius 1 is 1.36 bits per heavy atom. The van der Waals surface area contributed by atoms with Crippen LogP contribution in [0.15, 0.2) is 29.2 Å². The molecule has 1 aromatic rings. The van der Waals surface area contributed by atoms with Crippen molar-refractivity contribution in [1.29, 1.82) is 0 Å². The summed E-state index contributed by atoms with van der Waals surface area (Å²) >= 11 is 0. The lowest BCUT2D eigenvalue weighted by Crippen LogP contribution is -2.22. The topological polar surface area (TPSA) is 72.5 Å². The minimum atomic E-state index is -3.85. The van der Waals surface area contributed by atoms with E-state index in [1.807, 2.05) is 0 Å². The SMILES string of the molecule is COc1ccccc1S(=O)(=O)N[C]=O. The highest BCUT2D eigenvalue weighted by Gasteiger charge is 2.17. The summed E-state index contributed by atoms with van der Waals surface area (Å²) < 4.78 is 29.1. The van der Waals surface area contributed by atoms with Crippen LogP contribution in [-0.2, 0) is 14.8 Å². The van der Waals surface area contributed by atoms with E-state index in [4.69, 9.17) is 4.74 Å². The van der Waals surface area contributed by atoms with E-state index in [1.54, 1.807) is 10.8 Å². The molecule has 0 aliphatic heterocycles. The molecule has 0 spiro atoms. The van der Waals surface area contributed by atoms with Gasteiger partial charge in [0.25, 0.3) is 10.0 Å². The standard InChI is InChI=1S/C8H8NO4S/c1-13-7-4-2-3-5-8(7)14(11,12)9-6-10/h2-5H,1H3,(H,9,10). The Labute approximate surface area is 81.7 Å². The molecule has 0 saturated carbocycles. The van der Waals surface area contributed by atoms with Gasteiger partial charge in [0.05, 0.1) is 7.11 Å². The minimum Gasteiger partial charge on any atom is -0.495 e. The van der Waals surface area contributed by atoms with E-state index in [2.05, 4.69) is 0 Å². The van der Waals surface area contributed by atoms with Crippen molar-refractivity contribution in [3.8, 4) is 5.75 Å². The van der Waals surface area contributed by atoms with Crippen molar-refractivity contribution in [2.24, 2.45) is 0 Å². The van der Waals surface area contributed by atoms with Gasteiger partial charge in [-0.05, 0) is 12.1 Å². The average molecular weight is 214 g/mol. The van der Waals surface area contributed by atoms with Gasteiger partial charge < -0.3 is 4.74 Å². The number of carbonyl (C=O) groups excluding carboxylic acids is 1. The molecule has 75 valence electrons. The van der Waals surface area contributed by atoms with Gasteiger partial charge in [-0.25, -0.2) is 13.1 Å². The second kappa shape index (κ2) is 4.10. The number of benzene rings is 1. The van der Waals surface area contributed by atoms with Gasteiger partial charge in [0.2, 0.25) is 0 Å². The van der Waals surface area contributed by atoms with Crippen LogP contribution < -0.4 is 9.46 Å². The van der Waals surface area contributed by atoms with E-state index in [0.717, 1.165) is 6.41 Å². The molecule has 1 aromatic carbocycles. The molecule has 0 unspecified atom stereocenters. The summed E-state index contributed by atoms with van der Waals surface area (Å²) in [5.41, 5.74) is 0. The molecule has 0 heterocycles. The molecular formula is C8H8NO4S. The molecule has 0 atom stereocenters. The van der Waals surface area contributed by atoms with Crippen molar-refractivity contribution < 1.29 is 17.9 Å². The number of amides is 1. The number of sulfonamides is 1. The van der Waals surface area contributed by atoms with E-state index >= 15 is 0 Å². The van der Waals surface area contributed by atoms with Crippen LogP contribution in [0.2, 0.25) is 0 Å². The van der Waals surface area contributed by atoms with Crippen molar-refractivity contribution >= 4 is 16.4 Å². The first-order chi connectivity index (χ1) is 6.61. The van der Waals surface area contributed by atoms with Crippen molar-refractivity contribution in [3.63, 3.8) is 0 Å². The number of para-hydroxylation sites is 1. The molecule has 5 nitrogen and oxygen atoms in total. The van der Waals surface area contributed by atoms with Crippen LogP contribution in [0.1, 0.15) is 0 Å². The van der Waals surface area contributed by atoms with Gasteiger partial charge in [-0.2, -0.15) is 0 Å². The zero-order chi connectivity index (χ0) is 10.6. The number of nitrogens with one attached hydrogen (secondary N) is 1. The fourth-order valence-corrected chi connectivity index (χ4v) is 1.84. The quantitative estimate of drug-likeness (QED) is 0.718. The lowest BCUT2D eigenvalue weighted by Gasteiger charge is -2.06. The Hall–Kier alpha value is -1.56. The Morgan fingerprint density at radius 2 is 2.00 bits per heavy atom. The third-order valence-electron chi connectivity index (χ3n) is 1.53. The summed E-state index contributed by atoms with van der Waals surface area (Å²) in [7, 11) is -2.51. The van der Waals surface area contributed by atoms with Crippen LogP contribution in [-0.4, -0.2) is 21.9 Å². The molecule has 14 heavy (non-hydrogen) atoms. The van der Waals surface area contributed by atoms with Crippen molar-refractivity contribution in [2.45, 2.75) is 4.90 Å². The van der Waals surface area contributed by atoms with Crippen molar-refractivity contribution in [2.75, 3.05) is 7.11 Å². The molecule has 1 radical (unpaired) electrons. The molecule has 0 aliphatic rings. The number of hydrogen-bond donors (Lipinski definition) is 1. The third-order valence-corrected chi connectivity index (χ3v) is 2.80. The van der Waals surface area contributed by atoms with Gasteiger partial charge in [-0.3, -0.25) is 4.79 Å². The molecule has 0 fully saturated rings. The Kier molecular flexibility index (Phi) is 3.08. The van der Waals surface area contributed by atoms with E-state index in [0.29, 0.717) is 0 Å². The first-order valence-electron chi connectivity index (χ1n) is 3.64. The van der Waals surface area contributed by atoms with E-state index in [1.165, 1.54) is 25.3 Å². The van der Waals surface area contributed by atoms with E-state index in [9.17, 15) is 13.2 Å². The highest BCUT2D eigenvalue weighted by atomic mass is 32.2. The Bertz CT molecular complexity index is 427. The fraction of sp³-hybridized carbons (Fsp3) is 0.125. The monoisotopic (exact) mass is 214 g/mol. The van der Waals surface area contributed by atoms with Crippen LogP contribution in [0, 0.1) is 0 Å². The summed E-state index contributed by atoms with van der Waals surface area (Å²) in [6.07, 6.45) is 1.11. The largest absolute Gasteiger partial charge is 0.495 e. The first kappa shape index (κ1) is 10.5. The molecule has 1 amide bonds. The molecule has 1 N–H and O–H groups in total. The van der Waals surface area contributed by atoms with Gasteiger partial charge in [-0.1, -0.05) is 12.1 Å². The lowest BCUT2D eigenvalue weighted by molar-refractivity contribution is 0.402. The molecule has 1 rings (SSSR count). The average Bonchev–Trinajstić information content (AvgIpc) is 2.18. The highest BCUT2D eigenvalue weighted by Crippen LogP contribution is 2.21. The van der Waals surface area contributed by atoms with Crippen LogP contribution in [0.4, 0.5) is 0 Å². The molecule has 0 saturated heterocycles. The van der Waals surface area contributed by atoms with E-state index < -0.39 is 10.0 Å². The zero-order valence-corrected chi connectivity index (χ0v) is 8.17. The maximum Gasteiger partial charge on any atom is 0.324 e. The first-order valence-corrected chi connectivity index (χ1v) is 5.12. The van der Waals surface area contributed by atoms with Crippen molar-refractivity contribution in [1.82, 2.24) is 4.72 Å². The van der Waals surface area contributed by atoms with Crippen molar-refractivity contribution in [3.05, 3.63) is 24.3 Å². The summed E-state index contributed by atoms with van der Waals surface area (Å²) in [4.78, 5) is 9.85. The van der Waals surface area contributed by atoms with Gasteiger partial charge in [-0.15, -0.1) is 0 Å². The fourth-order valence-electron chi connectivity index (χ4n) is 0.951. The number of ether oxygens (including phenoxy) is 1. The molecule has 0 aliphatic carbocycles. The number of hydrogen-bond acceptors (Lipinski definition) is 4. The third kappa shape index (κ3) is 2.02. The second-order valence-corrected chi connectivity index (χ2v) is 4.01. The second-order valence-electron chi connectivity index (χ2n) is 2.36. The Morgan fingerprint density at radius 3 is 2.57 bits per heavy atom. The lowest BCUT2D eigenvalue weighted by atomic mass is 10.3. The summed E-state index contributed by atoms with van der Waals surface area (Å²) in [6, 6.07) is 5.97. The summed E-state index contributed by atoms with van der Waals surface area (Å²) in [6.45, 7) is 0. The van der Waals surface area contributed by atoms with Crippen LogP contribution in [0.5, 0.6) is 5.75 Å². The smallest absolute Gasteiger partial charge is 0.324 e. The van der Waals surface area contributed by atoms with Crippen LogP contribution in [0.3, 0.4) is 0 Å². The maximum absolute atomic E-state index is 11.4. The summed E-state index contributed by atoms with van der Waals surface area (Å²) in [5, 5.41) is 0. The molecular weight excluding hydrogens is 206 g/mol. The van der Waals surface area contributed by atoms with Gasteiger partial charge in [0.1, 0.15) is 10.6 Å². The minimum absolute atomic E-state index is 0.0918.